The molecule has 0 aliphatic heterocycles. The van der Waals surface area contributed by atoms with E-state index in [-0.39, 0.29) is 0 Å². The van der Waals surface area contributed by atoms with Gasteiger partial charge in [-0.2, -0.15) is 11.8 Å². The third-order valence-corrected chi connectivity index (χ3v) is 4.56. The van der Waals surface area contributed by atoms with Crippen molar-refractivity contribution >= 4 is 28.5 Å². The summed E-state index contributed by atoms with van der Waals surface area (Å²) < 4.78 is 0. The average Bonchev–Trinajstić information content (AvgIpc) is 2.51. The van der Waals surface area contributed by atoms with Gasteiger partial charge in [0.15, 0.2) is 0 Å². The van der Waals surface area contributed by atoms with Gasteiger partial charge in [0, 0.05) is 36.3 Å². The molecule has 1 aromatic heterocycles. The first-order valence-corrected chi connectivity index (χ1v) is 8.88. The van der Waals surface area contributed by atoms with Crippen molar-refractivity contribution in [3.63, 3.8) is 0 Å². The highest BCUT2D eigenvalue weighted by atomic mass is 32.2. The molecule has 2 rings (SSSR count). The predicted octanol–water partition coefficient (Wildman–Crippen LogP) is 3.53. The van der Waals surface area contributed by atoms with Crippen LogP contribution in [0.15, 0.2) is 30.3 Å². The van der Waals surface area contributed by atoms with Crippen LogP contribution < -0.4 is 10.2 Å². The van der Waals surface area contributed by atoms with Crippen LogP contribution >= 0.6 is 11.8 Å². The van der Waals surface area contributed by atoms with Crippen molar-refractivity contribution in [1.29, 1.82) is 0 Å². The fraction of sp³-hybridized carbons (Fsp3) is 0.471. The Balaban J connectivity index is 2.42. The van der Waals surface area contributed by atoms with Crippen LogP contribution in [0.1, 0.15) is 19.4 Å². The number of hydrogen-bond donors (Lipinski definition) is 1. The van der Waals surface area contributed by atoms with Crippen molar-refractivity contribution in [1.82, 2.24) is 10.3 Å². The second kappa shape index (κ2) is 7.66. The Labute approximate surface area is 132 Å². The van der Waals surface area contributed by atoms with E-state index < -0.39 is 0 Å². The van der Waals surface area contributed by atoms with Gasteiger partial charge in [-0.05, 0) is 31.9 Å². The summed E-state index contributed by atoms with van der Waals surface area (Å²) in [6, 6.07) is 11.1. The minimum absolute atomic E-state index is 0.467. The maximum absolute atomic E-state index is 4.91. The van der Waals surface area contributed by atoms with Crippen LogP contribution in [0.3, 0.4) is 0 Å². The smallest absolute Gasteiger partial charge is 0.133 e. The number of fused-ring (bicyclic) bond motifs is 1. The molecule has 0 amide bonds. The summed E-state index contributed by atoms with van der Waals surface area (Å²) in [7, 11) is 2.15. The summed E-state index contributed by atoms with van der Waals surface area (Å²) in [6.07, 6.45) is 2.15. The lowest BCUT2D eigenvalue weighted by Crippen LogP contribution is -2.33. The van der Waals surface area contributed by atoms with E-state index in [0.29, 0.717) is 6.04 Å². The molecule has 3 nitrogen and oxygen atoms in total. The predicted molar refractivity (Wildman–Crippen MR) is 95.4 cm³/mol. The largest absolute Gasteiger partial charge is 0.356 e. The minimum Gasteiger partial charge on any atom is -0.356 e. The van der Waals surface area contributed by atoms with Crippen molar-refractivity contribution in [3.8, 4) is 0 Å². The van der Waals surface area contributed by atoms with Gasteiger partial charge in [0.25, 0.3) is 0 Å². The maximum Gasteiger partial charge on any atom is 0.133 e. The molecular weight excluding hydrogens is 278 g/mol. The molecule has 0 aliphatic rings. The van der Waals surface area contributed by atoms with Crippen molar-refractivity contribution < 1.29 is 0 Å². The Morgan fingerprint density at radius 1 is 1.33 bits per heavy atom. The normalized spacial score (nSPS) is 12.6. The number of pyridine rings is 1. The van der Waals surface area contributed by atoms with Crippen LogP contribution in [0.25, 0.3) is 10.9 Å². The van der Waals surface area contributed by atoms with Gasteiger partial charge >= 0.3 is 0 Å². The Hall–Kier alpha value is -1.26. The number of anilines is 1. The second-order valence-electron chi connectivity index (χ2n) is 5.36. The van der Waals surface area contributed by atoms with E-state index in [1.54, 1.807) is 0 Å². The standard InChI is InChI=1S/C17H25N3S/c1-5-18-11-15-10-14-8-6-7-9-16(14)19-17(15)20(3)13(2)12-21-4/h6-10,13,18H,5,11-12H2,1-4H3. The van der Waals surface area contributed by atoms with Gasteiger partial charge in [-0.25, -0.2) is 4.98 Å². The van der Waals surface area contributed by atoms with Gasteiger partial charge in [0.1, 0.15) is 5.82 Å². The van der Waals surface area contributed by atoms with E-state index in [1.165, 1.54) is 10.9 Å². The summed E-state index contributed by atoms with van der Waals surface area (Å²) in [4.78, 5) is 7.21. The lowest BCUT2D eigenvalue weighted by molar-refractivity contribution is 0.706. The Morgan fingerprint density at radius 3 is 2.81 bits per heavy atom. The highest BCUT2D eigenvalue weighted by Gasteiger charge is 2.15. The van der Waals surface area contributed by atoms with Gasteiger partial charge in [0.05, 0.1) is 5.52 Å². The van der Waals surface area contributed by atoms with Gasteiger partial charge in [-0.15, -0.1) is 0 Å². The molecule has 0 saturated carbocycles. The average molecular weight is 303 g/mol. The zero-order valence-corrected chi connectivity index (χ0v) is 14.2. The number of para-hydroxylation sites is 1. The third kappa shape index (κ3) is 3.89. The van der Waals surface area contributed by atoms with E-state index in [2.05, 4.69) is 67.7 Å². The summed E-state index contributed by atoms with van der Waals surface area (Å²) in [6.45, 7) is 6.22. The highest BCUT2D eigenvalue weighted by molar-refractivity contribution is 7.98. The molecule has 0 radical (unpaired) electrons. The van der Waals surface area contributed by atoms with E-state index in [9.17, 15) is 0 Å². The molecule has 21 heavy (non-hydrogen) atoms. The van der Waals surface area contributed by atoms with E-state index in [4.69, 9.17) is 4.98 Å². The second-order valence-corrected chi connectivity index (χ2v) is 6.27. The Morgan fingerprint density at radius 2 is 2.10 bits per heavy atom. The molecule has 0 saturated heterocycles. The molecule has 0 aliphatic carbocycles. The fourth-order valence-corrected chi connectivity index (χ4v) is 3.11. The SMILES string of the molecule is CCNCc1cc2ccccc2nc1N(C)C(C)CSC. The van der Waals surface area contributed by atoms with Crippen LogP contribution in [0, 0.1) is 0 Å². The van der Waals surface area contributed by atoms with Gasteiger partial charge in [-0.3, -0.25) is 0 Å². The van der Waals surface area contributed by atoms with Crippen molar-refractivity contribution in [2.45, 2.75) is 26.4 Å². The zero-order chi connectivity index (χ0) is 15.2. The van der Waals surface area contributed by atoms with Crippen LogP contribution in [0.5, 0.6) is 0 Å². The Kier molecular flexibility index (Phi) is 5.88. The quantitative estimate of drug-likeness (QED) is 0.847. The zero-order valence-electron chi connectivity index (χ0n) is 13.4. The molecule has 1 heterocycles. The number of nitrogens with zero attached hydrogens (tertiary/aromatic N) is 2. The van der Waals surface area contributed by atoms with Gasteiger partial charge in [-0.1, -0.05) is 25.1 Å². The molecule has 114 valence electrons. The van der Waals surface area contributed by atoms with E-state index >= 15 is 0 Å². The summed E-state index contributed by atoms with van der Waals surface area (Å²) >= 11 is 1.87. The Bertz CT molecular complexity index is 585. The molecule has 0 fully saturated rings. The fourth-order valence-electron chi connectivity index (χ4n) is 2.41. The maximum atomic E-state index is 4.91. The van der Waals surface area contributed by atoms with E-state index in [1.807, 2.05) is 11.8 Å². The summed E-state index contributed by atoms with van der Waals surface area (Å²) in [5.41, 5.74) is 2.34. The molecule has 1 N–H and O–H groups in total. The summed E-state index contributed by atoms with van der Waals surface area (Å²) in [5, 5.41) is 4.63. The number of thioether (sulfide) groups is 1. The molecule has 1 unspecified atom stereocenters. The number of rotatable bonds is 7. The first-order chi connectivity index (χ1) is 10.2. The van der Waals surface area contributed by atoms with Crippen LogP contribution in [0.2, 0.25) is 0 Å². The first-order valence-electron chi connectivity index (χ1n) is 7.48. The molecule has 4 heteroatoms. The van der Waals surface area contributed by atoms with E-state index in [0.717, 1.165) is 30.2 Å². The number of aromatic nitrogens is 1. The topological polar surface area (TPSA) is 28.2 Å². The van der Waals surface area contributed by atoms with Crippen LogP contribution in [0.4, 0.5) is 5.82 Å². The molecule has 0 spiro atoms. The number of benzene rings is 1. The molecule has 0 bridgehead atoms. The van der Waals surface area contributed by atoms with Gasteiger partial charge < -0.3 is 10.2 Å². The molecule has 1 aromatic carbocycles. The molecular formula is C17H25N3S. The highest BCUT2D eigenvalue weighted by Crippen LogP contribution is 2.24. The summed E-state index contributed by atoms with van der Waals surface area (Å²) in [5.74, 6) is 2.20. The monoisotopic (exact) mass is 303 g/mol. The number of nitrogens with one attached hydrogen (secondary N) is 1. The van der Waals surface area contributed by atoms with Crippen LogP contribution in [-0.4, -0.2) is 36.6 Å². The number of hydrogen-bond acceptors (Lipinski definition) is 4. The van der Waals surface area contributed by atoms with Crippen molar-refractivity contribution in [3.05, 3.63) is 35.9 Å². The lowest BCUT2D eigenvalue weighted by atomic mass is 10.1. The van der Waals surface area contributed by atoms with Crippen LogP contribution in [-0.2, 0) is 6.54 Å². The lowest BCUT2D eigenvalue weighted by Gasteiger charge is -2.28. The van der Waals surface area contributed by atoms with Gasteiger partial charge in [0.2, 0.25) is 0 Å². The third-order valence-electron chi connectivity index (χ3n) is 3.75. The minimum atomic E-state index is 0.467. The van der Waals surface area contributed by atoms with Crippen molar-refractivity contribution in [2.75, 3.05) is 30.5 Å². The first kappa shape index (κ1) is 16.1. The van der Waals surface area contributed by atoms with Crippen molar-refractivity contribution in [2.24, 2.45) is 0 Å². The molecule has 1 atom stereocenters. The molecule has 2 aromatic rings.